The molecule has 1 aliphatic carbocycles. The van der Waals surface area contributed by atoms with Crippen LogP contribution in [0.4, 0.5) is 0 Å². The van der Waals surface area contributed by atoms with Gasteiger partial charge >= 0.3 is 0 Å². The average Bonchev–Trinajstić information content (AvgIpc) is 3.30. The molecule has 0 N–H and O–H groups in total. The first-order valence-corrected chi connectivity index (χ1v) is 9.30. The molecule has 0 spiro atoms. The highest BCUT2D eigenvalue weighted by Crippen LogP contribution is 2.27. The zero-order chi connectivity index (χ0) is 17.6. The molecule has 3 rings (SSSR count). The van der Waals surface area contributed by atoms with Crippen molar-refractivity contribution in [2.45, 2.75) is 46.0 Å². The summed E-state index contributed by atoms with van der Waals surface area (Å²) >= 11 is 0. The molecule has 1 amide bonds. The number of nitrogens with zero attached hydrogens (tertiary/aromatic N) is 3. The van der Waals surface area contributed by atoms with E-state index in [-0.39, 0.29) is 5.92 Å². The van der Waals surface area contributed by atoms with E-state index in [1.165, 1.54) is 12.8 Å². The molecule has 0 atom stereocenters. The predicted octanol–water partition coefficient (Wildman–Crippen LogP) is 3.95. The number of carbonyl (C=O) groups excluding carboxylic acids is 1. The SMILES string of the molecule is CC(C)CN(CCc1nc(-c2ccccc2)no1)C(=O)C1CCCC1. The highest BCUT2D eigenvalue weighted by atomic mass is 16.5. The van der Waals surface area contributed by atoms with E-state index >= 15 is 0 Å². The van der Waals surface area contributed by atoms with Gasteiger partial charge in [0, 0.05) is 31.0 Å². The van der Waals surface area contributed by atoms with Crippen LogP contribution in [0.25, 0.3) is 11.4 Å². The van der Waals surface area contributed by atoms with E-state index in [0.29, 0.717) is 36.5 Å². The van der Waals surface area contributed by atoms with Gasteiger partial charge in [0.25, 0.3) is 0 Å². The molecule has 0 saturated heterocycles. The summed E-state index contributed by atoms with van der Waals surface area (Å²) in [5.41, 5.74) is 0.943. The van der Waals surface area contributed by atoms with E-state index in [4.69, 9.17) is 4.52 Å². The summed E-state index contributed by atoms with van der Waals surface area (Å²) in [6, 6.07) is 9.79. The fourth-order valence-corrected chi connectivity index (χ4v) is 3.45. The Bertz CT molecular complexity index is 675. The van der Waals surface area contributed by atoms with Gasteiger partial charge < -0.3 is 9.42 Å². The Hall–Kier alpha value is -2.17. The molecular formula is C20H27N3O2. The van der Waals surface area contributed by atoms with Crippen LogP contribution in [0.1, 0.15) is 45.4 Å². The Morgan fingerprint density at radius 3 is 2.64 bits per heavy atom. The molecular weight excluding hydrogens is 314 g/mol. The highest BCUT2D eigenvalue weighted by Gasteiger charge is 2.27. The van der Waals surface area contributed by atoms with Crippen molar-refractivity contribution in [3.05, 3.63) is 36.2 Å². The maximum absolute atomic E-state index is 12.8. The van der Waals surface area contributed by atoms with Gasteiger partial charge in [-0.25, -0.2) is 0 Å². The van der Waals surface area contributed by atoms with Crippen molar-refractivity contribution in [1.82, 2.24) is 15.0 Å². The lowest BCUT2D eigenvalue weighted by molar-refractivity contribution is -0.135. The van der Waals surface area contributed by atoms with Crippen LogP contribution in [0.5, 0.6) is 0 Å². The first kappa shape index (κ1) is 17.6. The minimum Gasteiger partial charge on any atom is -0.342 e. The topological polar surface area (TPSA) is 59.2 Å². The third-order valence-corrected chi connectivity index (χ3v) is 4.70. The highest BCUT2D eigenvalue weighted by molar-refractivity contribution is 5.79. The van der Waals surface area contributed by atoms with Gasteiger partial charge in [0.05, 0.1) is 0 Å². The number of hydrogen-bond acceptors (Lipinski definition) is 4. The van der Waals surface area contributed by atoms with Gasteiger partial charge in [-0.3, -0.25) is 4.79 Å². The largest absolute Gasteiger partial charge is 0.342 e. The van der Waals surface area contributed by atoms with Crippen LogP contribution in [0.2, 0.25) is 0 Å². The van der Waals surface area contributed by atoms with E-state index in [2.05, 4.69) is 24.0 Å². The monoisotopic (exact) mass is 341 g/mol. The van der Waals surface area contributed by atoms with Crippen molar-refractivity contribution in [2.75, 3.05) is 13.1 Å². The second-order valence-corrected chi connectivity index (χ2v) is 7.29. The zero-order valence-corrected chi connectivity index (χ0v) is 15.1. The first-order chi connectivity index (χ1) is 12.1. The first-order valence-electron chi connectivity index (χ1n) is 9.30. The van der Waals surface area contributed by atoms with Gasteiger partial charge in [-0.1, -0.05) is 62.2 Å². The number of carbonyl (C=O) groups is 1. The Balaban J connectivity index is 1.62. The van der Waals surface area contributed by atoms with E-state index in [1.807, 2.05) is 35.2 Å². The van der Waals surface area contributed by atoms with E-state index < -0.39 is 0 Å². The average molecular weight is 341 g/mol. The van der Waals surface area contributed by atoms with E-state index in [1.54, 1.807) is 0 Å². The summed E-state index contributed by atoms with van der Waals surface area (Å²) in [5, 5.41) is 4.06. The van der Waals surface area contributed by atoms with Crippen molar-refractivity contribution in [3.8, 4) is 11.4 Å². The quantitative estimate of drug-likeness (QED) is 0.765. The molecule has 0 unspecified atom stereocenters. The summed E-state index contributed by atoms with van der Waals surface area (Å²) in [6.45, 7) is 5.73. The number of rotatable bonds is 7. The summed E-state index contributed by atoms with van der Waals surface area (Å²) in [5.74, 6) is 2.16. The fourth-order valence-electron chi connectivity index (χ4n) is 3.45. The van der Waals surface area contributed by atoms with Crippen LogP contribution in [-0.4, -0.2) is 34.0 Å². The van der Waals surface area contributed by atoms with Gasteiger partial charge in [0.15, 0.2) is 0 Å². The Morgan fingerprint density at radius 1 is 1.24 bits per heavy atom. The number of amides is 1. The Morgan fingerprint density at radius 2 is 1.96 bits per heavy atom. The molecule has 1 aromatic heterocycles. The van der Waals surface area contributed by atoms with Crippen LogP contribution in [-0.2, 0) is 11.2 Å². The van der Waals surface area contributed by atoms with Gasteiger partial charge in [-0.15, -0.1) is 0 Å². The van der Waals surface area contributed by atoms with Crippen molar-refractivity contribution in [1.29, 1.82) is 0 Å². The molecule has 134 valence electrons. The van der Waals surface area contributed by atoms with Crippen molar-refractivity contribution >= 4 is 5.91 Å². The van der Waals surface area contributed by atoms with E-state index in [9.17, 15) is 4.79 Å². The summed E-state index contributed by atoms with van der Waals surface area (Å²) in [7, 11) is 0. The smallest absolute Gasteiger partial charge is 0.228 e. The van der Waals surface area contributed by atoms with Gasteiger partial charge in [0.2, 0.25) is 17.6 Å². The standard InChI is InChI=1S/C20H27N3O2/c1-15(2)14-23(20(24)17-10-6-7-11-17)13-12-18-21-19(22-25-18)16-8-4-3-5-9-16/h3-5,8-9,15,17H,6-7,10-14H2,1-2H3. The molecule has 1 saturated carbocycles. The maximum Gasteiger partial charge on any atom is 0.228 e. The van der Waals surface area contributed by atoms with Crippen molar-refractivity contribution < 1.29 is 9.32 Å². The Kier molecular flexibility index (Phi) is 5.84. The maximum atomic E-state index is 12.8. The molecule has 5 nitrogen and oxygen atoms in total. The molecule has 0 bridgehead atoms. The van der Waals surface area contributed by atoms with Gasteiger partial charge in [-0.2, -0.15) is 4.98 Å². The van der Waals surface area contributed by atoms with Crippen molar-refractivity contribution in [3.63, 3.8) is 0 Å². The molecule has 1 fully saturated rings. The molecule has 0 radical (unpaired) electrons. The fraction of sp³-hybridized carbons (Fsp3) is 0.550. The second kappa shape index (κ2) is 8.28. The summed E-state index contributed by atoms with van der Waals surface area (Å²) in [4.78, 5) is 19.3. The predicted molar refractivity (Wildman–Crippen MR) is 96.8 cm³/mol. The third-order valence-electron chi connectivity index (χ3n) is 4.70. The molecule has 25 heavy (non-hydrogen) atoms. The number of hydrogen-bond donors (Lipinski definition) is 0. The molecule has 1 heterocycles. The molecule has 5 heteroatoms. The minimum absolute atomic E-state index is 0.210. The van der Waals surface area contributed by atoms with Gasteiger partial charge in [0.1, 0.15) is 0 Å². The molecule has 1 aliphatic rings. The van der Waals surface area contributed by atoms with Crippen LogP contribution in [0, 0.1) is 11.8 Å². The third kappa shape index (κ3) is 4.68. The number of aromatic nitrogens is 2. The normalized spacial score (nSPS) is 15.0. The summed E-state index contributed by atoms with van der Waals surface area (Å²) in [6.07, 6.45) is 5.02. The molecule has 1 aromatic carbocycles. The lowest BCUT2D eigenvalue weighted by atomic mass is 10.1. The number of benzene rings is 1. The van der Waals surface area contributed by atoms with Crippen molar-refractivity contribution in [2.24, 2.45) is 11.8 Å². The van der Waals surface area contributed by atoms with Crippen LogP contribution >= 0.6 is 0 Å². The molecule has 0 aliphatic heterocycles. The van der Waals surface area contributed by atoms with E-state index in [0.717, 1.165) is 24.9 Å². The van der Waals surface area contributed by atoms with Crippen LogP contribution < -0.4 is 0 Å². The summed E-state index contributed by atoms with van der Waals surface area (Å²) < 4.78 is 5.38. The van der Waals surface area contributed by atoms with Gasteiger partial charge in [-0.05, 0) is 18.8 Å². The Labute approximate surface area is 149 Å². The zero-order valence-electron chi connectivity index (χ0n) is 15.1. The van der Waals surface area contributed by atoms with Crippen LogP contribution in [0.3, 0.4) is 0 Å². The second-order valence-electron chi connectivity index (χ2n) is 7.29. The minimum atomic E-state index is 0.210. The lowest BCUT2D eigenvalue weighted by Crippen LogP contribution is -2.39. The van der Waals surface area contributed by atoms with Crippen LogP contribution in [0.15, 0.2) is 34.9 Å². The molecule has 2 aromatic rings. The lowest BCUT2D eigenvalue weighted by Gasteiger charge is -2.26.